The molecule has 0 amide bonds. The number of hydrogen-bond donors (Lipinski definition) is 0. The summed E-state index contributed by atoms with van der Waals surface area (Å²) in [5, 5.41) is 0. The van der Waals surface area contributed by atoms with E-state index in [2.05, 4.69) is 0 Å². The van der Waals surface area contributed by atoms with E-state index in [1.807, 2.05) is 18.2 Å². The summed E-state index contributed by atoms with van der Waals surface area (Å²) in [6, 6.07) is 5.69. The Morgan fingerprint density at radius 1 is 1.21 bits per heavy atom. The first-order valence-corrected chi connectivity index (χ1v) is 7.28. The van der Waals surface area contributed by atoms with Gasteiger partial charge in [-0.05, 0) is 18.4 Å². The normalized spacial score (nSPS) is 19.1. The molecule has 1 aromatic carbocycles. The molecule has 0 bridgehead atoms. The van der Waals surface area contributed by atoms with Gasteiger partial charge in [-0.3, -0.25) is 4.79 Å². The second kappa shape index (κ2) is 5.64. The molecule has 3 nitrogen and oxygen atoms in total. The van der Waals surface area contributed by atoms with Gasteiger partial charge in [-0.25, -0.2) is 0 Å². The molecule has 0 N–H and O–H groups in total. The largest absolute Gasteiger partial charge is 0.493 e. The lowest BCUT2D eigenvalue weighted by Gasteiger charge is -2.21. The molecule has 0 aromatic heterocycles. The summed E-state index contributed by atoms with van der Waals surface area (Å²) in [5.41, 5.74) is 0.963. The van der Waals surface area contributed by atoms with Crippen molar-refractivity contribution in [2.45, 2.75) is 44.9 Å². The van der Waals surface area contributed by atoms with Gasteiger partial charge in [0.15, 0.2) is 0 Å². The first-order valence-electron chi connectivity index (χ1n) is 7.28. The van der Waals surface area contributed by atoms with Crippen LogP contribution in [0.25, 0.3) is 0 Å². The molecule has 1 aliphatic carbocycles. The topological polar surface area (TPSA) is 35.5 Å². The van der Waals surface area contributed by atoms with E-state index in [1.165, 1.54) is 32.1 Å². The second-order valence-corrected chi connectivity index (χ2v) is 5.56. The Hall–Kier alpha value is -1.51. The van der Waals surface area contributed by atoms with Gasteiger partial charge in [0.05, 0.1) is 13.0 Å². The van der Waals surface area contributed by atoms with Crippen LogP contribution in [0.1, 0.15) is 44.1 Å². The molecule has 2 aliphatic rings. The molecule has 1 heterocycles. The predicted octanol–water partition coefficient (Wildman–Crippen LogP) is 3.50. The van der Waals surface area contributed by atoms with E-state index in [-0.39, 0.29) is 5.97 Å². The number of ether oxygens (including phenoxy) is 2. The first-order chi connectivity index (χ1) is 9.31. The maximum Gasteiger partial charge on any atom is 0.315 e. The summed E-state index contributed by atoms with van der Waals surface area (Å²) >= 11 is 0. The summed E-state index contributed by atoms with van der Waals surface area (Å²) < 4.78 is 10.9. The van der Waals surface area contributed by atoms with Crippen molar-refractivity contribution in [2.24, 2.45) is 5.92 Å². The van der Waals surface area contributed by atoms with Crippen LogP contribution in [0.5, 0.6) is 11.5 Å². The van der Waals surface area contributed by atoms with E-state index in [0.29, 0.717) is 12.2 Å². The molecule has 1 aromatic rings. The summed E-state index contributed by atoms with van der Waals surface area (Å²) in [6.07, 6.45) is 8.37. The number of fused-ring (bicyclic) bond motifs is 1. The van der Waals surface area contributed by atoms with Crippen molar-refractivity contribution >= 4 is 5.97 Å². The van der Waals surface area contributed by atoms with E-state index in [4.69, 9.17) is 9.47 Å². The molecule has 0 spiro atoms. The Balaban J connectivity index is 1.50. The molecule has 102 valence electrons. The van der Waals surface area contributed by atoms with Gasteiger partial charge in [0.1, 0.15) is 11.5 Å². The SMILES string of the molecule is O=C1Cc2ccc(OCCC3CCCCC3)cc2O1. The zero-order valence-corrected chi connectivity index (χ0v) is 11.2. The molecule has 1 aliphatic heterocycles. The standard InChI is InChI=1S/C16H20O3/c17-16-10-13-6-7-14(11-15(13)19-16)18-9-8-12-4-2-1-3-5-12/h6-7,11-12H,1-5,8-10H2. The van der Waals surface area contributed by atoms with Gasteiger partial charge in [-0.1, -0.05) is 38.2 Å². The average Bonchev–Trinajstić information content (AvgIpc) is 2.79. The Bertz CT molecular complexity index is 461. The Morgan fingerprint density at radius 3 is 2.89 bits per heavy atom. The lowest BCUT2D eigenvalue weighted by Crippen LogP contribution is -2.10. The average molecular weight is 260 g/mol. The van der Waals surface area contributed by atoms with Crippen molar-refractivity contribution in [3.05, 3.63) is 23.8 Å². The summed E-state index contributed by atoms with van der Waals surface area (Å²) in [6.45, 7) is 0.761. The molecule has 0 atom stereocenters. The van der Waals surface area contributed by atoms with Crippen LogP contribution in [-0.4, -0.2) is 12.6 Å². The molecular weight excluding hydrogens is 240 g/mol. The Morgan fingerprint density at radius 2 is 2.05 bits per heavy atom. The zero-order chi connectivity index (χ0) is 13.1. The fraction of sp³-hybridized carbons (Fsp3) is 0.562. The van der Waals surface area contributed by atoms with E-state index >= 15 is 0 Å². The van der Waals surface area contributed by atoms with Crippen LogP contribution in [0.3, 0.4) is 0 Å². The number of esters is 1. The molecule has 3 heteroatoms. The maximum absolute atomic E-state index is 11.2. The number of carbonyl (C=O) groups is 1. The molecule has 1 saturated carbocycles. The van der Waals surface area contributed by atoms with Crippen LogP contribution in [0, 0.1) is 5.92 Å². The minimum atomic E-state index is -0.172. The van der Waals surface area contributed by atoms with Crippen molar-refractivity contribution in [1.82, 2.24) is 0 Å². The third kappa shape index (κ3) is 3.09. The van der Waals surface area contributed by atoms with E-state index < -0.39 is 0 Å². The molecule has 0 radical (unpaired) electrons. The first kappa shape index (κ1) is 12.5. The van der Waals surface area contributed by atoms with Crippen LogP contribution in [0.2, 0.25) is 0 Å². The van der Waals surface area contributed by atoms with Gasteiger partial charge in [-0.2, -0.15) is 0 Å². The Labute approximate surface area is 113 Å². The molecule has 0 saturated heterocycles. The van der Waals surface area contributed by atoms with Gasteiger partial charge in [0.2, 0.25) is 0 Å². The van der Waals surface area contributed by atoms with Crippen LogP contribution < -0.4 is 9.47 Å². The zero-order valence-electron chi connectivity index (χ0n) is 11.2. The van der Waals surface area contributed by atoms with Crippen molar-refractivity contribution < 1.29 is 14.3 Å². The number of benzene rings is 1. The van der Waals surface area contributed by atoms with Crippen molar-refractivity contribution in [2.75, 3.05) is 6.61 Å². The highest BCUT2D eigenvalue weighted by Crippen LogP contribution is 2.31. The predicted molar refractivity (Wildman–Crippen MR) is 72.5 cm³/mol. The maximum atomic E-state index is 11.2. The van der Waals surface area contributed by atoms with Gasteiger partial charge in [0.25, 0.3) is 0 Å². The van der Waals surface area contributed by atoms with Crippen LogP contribution in [0.4, 0.5) is 0 Å². The highest BCUT2D eigenvalue weighted by Gasteiger charge is 2.20. The quantitative estimate of drug-likeness (QED) is 0.614. The Kier molecular flexibility index (Phi) is 3.72. The number of rotatable bonds is 4. The van der Waals surface area contributed by atoms with Crippen LogP contribution >= 0.6 is 0 Å². The lowest BCUT2D eigenvalue weighted by molar-refractivity contribution is -0.131. The lowest BCUT2D eigenvalue weighted by atomic mass is 9.87. The second-order valence-electron chi connectivity index (χ2n) is 5.56. The van der Waals surface area contributed by atoms with E-state index in [9.17, 15) is 4.79 Å². The van der Waals surface area contributed by atoms with Crippen molar-refractivity contribution in [3.63, 3.8) is 0 Å². The molecule has 3 rings (SSSR count). The minimum Gasteiger partial charge on any atom is -0.493 e. The molecule has 19 heavy (non-hydrogen) atoms. The van der Waals surface area contributed by atoms with E-state index in [0.717, 1.165) is 30.3 Å². The third-order valence-corrected chi connectivity index (χ3v) is 4.12. The fourth-order valence-corrected chi connectivity index (χ4v) is 3.00. The third-order valence-electron chi connectivity index (χ3n) is 4.12. The van der Waals surface area contributed by atoms with E-state index in [1.54, 1.807) is 0 Å². The van der Waals surface area contributed by atoms with Gasteiger partial charge in [0, 0.05) is 11.6 Å². The van der Waals surface area contributed by atoms with Gasteiger partial charge in [-0.15, -0.1) is 0 Å². The summed E-state index contributed by atoms with van der Waals surface area (Å²) in [7, 11) is 0. The van der Waals surface area contributed by atoms with Crippen molar-refractivity contribution in [1.29, 1.82) is 0 Å². The highest BCUT2D eigenvalue weighted by atomic mass is 16.5. The molecule has 1 fully saturated rings. The monoisotopic (exact) mass is 260 g/mol. The number of hydrogen-bond acceptors (Lipinski definition) is 3. The smallest absolute Gasteiger partial charge is 0.315 e. The fourth-order valence-electron chi connectivity index (χ4n) is 3.00. The van der Waals surface area contributed by atoms with Gasteiger partial charge < -0.3 is 9.47 Å². The van der Waals surface area contributed by atoms with Crippen LogP contribution in [0.15, 0.2) is 18.2 Å². The summed E-state index contributed by atoms with van der Waals surface area (Å²) in [5.74, 6) is 2.14. The van der Waals surface area contributed by atoms with Gasteiger partial charge >= 0.3 is 5.97 Å². The summed E-state index contributed by atoms with van der Waals surface area (Å²) in [4.78, 5) is 11.2. The number of carbonyl (C=O) groups excluding carboxylic acids is 1. The van der Waals surface area contributed by atoms with Crippen molar-refractivity contribution in [3.8, 4) is 11.5 Å². The van der Waals surface area contributed by atoms with Crippen LogP contribution in [-0.2, 0) is 11.2 Å². The highest BCUT2D eigenvalue weighted by molar-refractivity contribution is 5.81. The minimum absolute atomic E-state index is 0.172. The molecular formula is C16H20O3. The molecule has 0 unspecified atom stereocenters.